The van der Waals surface area contributed by atoms with Crippen LogP contribution in [0, 0.1) is 0 Å². The molecule has 1 fully saturated rings. The molecule has 1 aromatic heterocycles. The summed E-state index contributed by atoms with van der Waals surface area (Å²) in [6, 6.07) is 6.70. The number of amides is 3. The van der Waals surface area contributed by atoms with Crippen LogP contribution >= 0.6 is 0 Å². The van der Waals surface area contributed by atoms with Crippen molar-refractivity contribution >= 4 is 23.7 Å². The van der Waals surface area contributed by atoms with E-state index in [4.69, 9.17) is 9.15 Å². The highest BCUT2D eigenvalue weighted by Crippen LogP contribution is 2.14. The number of hydrogen-bond acceptors (Lipinski definition) is 7. The molecular formula is C20H22N4O6. The zero-order chi connectivity index (χ0) is 21.3. The first-order valence-corrected chi connectivity index (χ1v) is 9.53. The summed E-state index contributed by atoms with van der Waals surface area (Å²) in [6.07, 6.45) is 3.36. The summed E-state index contributed by atoms with van der Waals surface area (Å²) in [4.78, 5) is 53.0. The number of nitrogens with zero attached hydrogens (tertiary/aromatic N) is 1. The largest absolute Gasteiger partial charge is 0.446 e. The second-order valence-corrected chi connectivity index (χ2v) is 6.69. The van der Waals surface area contributed by atoms with Crippen LogP contribution in [-0.2, 0) is 25.7 Å². The lowest BCUT2D eigenvalue weighted by molar-refractivity contribution is -0.140. The Labute approximate surface area is 172 Å². The van der Waals surface area contributed by atoms with Gasteiger partial charge < -0.3 is 25.1 Å². The summed E-state index contributed by atoms with van der Waals surface area (Å²) in [5.41, 5.74) is 0.774. The molecular weight excluding hydrogens is 392 g/mol. The minimum absolute atomic E-state index is 0.00782. The molecule has 1 aliphatic rings. The summed E-state index contributed by atoms with van der Waals surface area (Å²) >= 11 is 0. The molecule has 3 N–H and O–H groups in total. The van der Waals surface area contributed by atoms with E-state index in [2.05, 4.69) is 20.9 Å². The normalized spacial score (nSPS) is 17.8. The fourth-order valence-electron chi connectivity index (χ4n) is 2.94. The predicted molar refractivity (Wildman–Crippen MR) is 103 cm³/mol. The number of oxazole rings is 1. The zero-order valence-electron chi connectivity index (χ0n) is 16.1. The van der Waals surface area contributed by atoms with Crippen LogP contribution in [0.3, 0.4) is 0 Å². The fourth-order valence-corrected chi connectivity index (χ4v) is 2.94. The van der Waals surface area contributed by atoms with Crippen molar-refractivity contribution < 1.29 is 28.3 Å². The van der Waals surface area contributed by atoms with E-state index in [1.807, 2.05) is 18.2 Å². The van der Waals surface area contributed by atoms with Gasteiger partial charge in [-0.05, 0) is 24.8 Å². The number of carbonyl (C=O) groups is 4. The van der Waals surface area contributed by atoms with Crippen LogP contribution < -0.4 is 16.0 Å². The highest BCUT2D eigenvalue weighted by atomic mass is 16.5. The second kappa shape index (κ2) is 10.2. The van der Waals surface area contributed by atoms with E-state index in [0.717, 1.165) is 5.56 Å². The van der Waals surface area contributed by atoms with Crippen molar-refractivity contribution in [3.05, 3.63) is 54.2 Å². The van der Waals surface area contributed by atoms with Crippen molar-refractivity contribution in [2.45, 2.75) is 38.0 Å². The van der Waals surface area contributed by atoms with E-state index < -0.39 is 35.8 Å². The molecule has 158 valence electrons. The Morgan fingerprint density at radius 2 is 2.03 bits per heavy atom. The third kappa shape index (κ3) is 5.66. The van der Waals surface area contributed by atoms with E-state index in [9.17, 15) is 19.2 Å². The summed E-state index contributed by atoms with van der Waals surface area (Å²) in [6.45, 7) is 0.423. The Morgan fingerprint density at radius 1 is 1.23 bits per heavy atom. The predicted octanol–water partition coefficient (Wildman–Crippen LogP) is 0.996. The zero-order valence-corrected chi connectivity index (χ0v) is 16.1. The highest BCUT2D eigenvalue weighted by Gasteiger charge is 2.33. The smallest absolute Gasteiger partial charge is 0.408 e. The molecule has 0 spiro atoms. The topological polar surface area (TPSA) is 140 Å². The summed E-state index contributed by atoms with van der Waals surface area (Å²) in [5.74, 6) is -2.29. The van der Waals surface area contributed by atoms with E-state index >= 15 is 0 Å². The van der Waals surface area contributed by atoms with Crippen LogP contribution in [-0.4, -0.2) is 41.3 Å². The quantitative estimate of drug-likeness (QED) is 0.599. The lowest BCUT2D eigenvalue weighted by Crippen LogP contribution is -2.51. The first-order valence-electron chi connectivity index (χ1n) is 9.53. The first-order chi connectivity index (χ1) is 14.5. The van der Waals surface area contributed by atoms with Crippen LogP contribution in [0.2, 0.25) is 0 Å². The molecule has 10 heteroatoms. The molecule has 3 amide bonds. The van der Waals surface area contributed by atoms with Crippen molar-refractivity contribution in [2.24, 2.45) is 0 Å². The molecule has 2 aromatic rings. The average molecular weight is 414 g/mol. The number of nitrogens with one attached hydrogen (secondary N) is 3. The molecule has 0 radical (unpaired) electrons. The van der Waals surface area contributed by atoms with Gasteiger partial charge in [0.25, 0.3) is 11.8 Å². The minimum Gasteiger partial charge on any atom is -0.446 e. The van der Waals surface area contributed by atoms with Crippen LogP contribution in [0.5, 0.6) is 0 Å². The Hall–Kier alpha value is -3.69. The standard InChI is InChI=1S/C20H22N4O6/c25-16-14(8-4-5-9-21-18(16)27)23-17(26)15(19-22-10-11-29-19)24-20(28)30-12-13-6-2-1-3-7-13/h1-3,6-7,10-11,14-15H,4-5,8-9,12H2,(H,21,27)(H,23,26)(H,24,28). The maximum atomic E-state index is 12.8. The number of rotatable bonds is 6. The minimum atomic E-state index is -1.33. The Morgan fingerprint density at radius 3 is 2.77 bits per heavy atom. The number of Topliss-reactive ketones (excluding diaryl/α,β-unsaturated/α-hetero) is 1. The fraction of sp³-hybridized carbons (Fsp3) is 0.350. The third-order valence-corrected chi connectivity index (χ3v) is 4.50. The van der Waals surface area contributed by atoms with Gasteiger partial charge in [-0.3, -0.25) is 14.4 Å². The first kappa shape index (κ1) is 21.0. The summed E-state index contributed by atoms with van der Waals surface area (Å²) < 4.78 is 10.3. The van der Waals surface area contributed by atoms with Gasteiger partial charge >= 0.3 is 6.09 Å². The van der Waals surface area contributed by atoms with Gasteiger partial charge in [0.15, 0.2) is 6.04 Å². The maximum absolute atomic E-state index is 12.8. The monoisotopic (exact) mass is 414 g/mol. The van der Waals surface area contributed by atoms with Crippen LogP contribution in [0.4, 0.5) is 4.79 Å². The maximum Gasteiger partial charge on any atom is 0.408 e. The van der Waals surface area contributed by atoms with Crippen LogP contribution in [0.15, 0.2) is 47.2 Å². The van der Waals surface area contributed by atoms with Crippen LogP contribution in [0.25, 0.3) is 0 Å². The molecule has 0 saturated carbocycles. The van der Waals surface area contributed by atoms with Gasteiger partial charge in [0.05, 0.1) is 12.2 Å². The SMILES string of the molecule is O=C(NC(C(=O)NC1CCCCNC(=O)C1=O)c1ncco1)OCc1ccccc1. The van der Waals surface area contributed by atoms with Crippen molar-refractivity contribution in [1.29, 1.82) is 0 Å². The Balaban J connectivity index is 1.65. The molecule has 1 aliphatic heterocycles. The molecule has 2 atom stereocenters. The highest BCUT2D eigenvalue weighted by molar-refractivity contribution is 6.38. The third-order valence-electron chi connectivity index (χ3n) is 4.50. The second-order valence-electron chi connectivity index (χ2n) is 6.69. The van der Waals surface area contributed by atoms with E-state index in [0.29, 0.717) is 25.8 Å². The number of hydrogen-bond donors (Lipinski definition) is 3. The number of ketones is 1. The van der Waals surface area contributed by atoms with Crippen molar-refractivity contribution in [3.63, 3.8) is 0 Å². The van der Waals surface area contributed by atoms with Gasteiger partial charge in [-0.15, -0.1) is 0 Å². The summed E-state index contributed by atoms with van der Waals surface area (Å²) in [5, 5.41) is 7.40. The van der Waals surface area contributed by atoms with Gasteiger partial charge in [0.2, 0.25) is 11.7 Å². The lowest BCUT2D eigenvalue weighted by atomic mass is 10.0. The number of benzene rings is 1. The van der Waals surface area contributed by atoms with Gasteiger partial charge in [0.1, 0.15) is 12.9 Å². The lowest BCUT2D eigenvalue weighted by Gasteiger charge is -2.22. The molecule has 2 heterocycles. The van der Waals surface area contributed by atoms with Crippen LogP contribution in [0.1, 0.15) is 36.8 Å². The Bertz CT molecular complexity index is 884. The number of alkyl carbamates (subject to hydrolysis) is 1. The van der Waals surface area contributed by atoms with Gasteiger partial charge in [-0.1, -0.05) is 30.3 Å². The molecule has 10 nitrogen and oxygen atoms in total. The molecule has 0 aliphatic carbocycles. The molecule has 2 unspecified atom stereocenters. The number of ether oxygens (including phenoxy) is 1. The van der Waals surface area contributed by atoms with Crippen molar-refractivity contribution in [3.8, 4) is 0 Å². The number of carbonyl (C=O) groups excluding carboxylic acids is 4. The molecule has 0 bridgehead atoms. The van der Waals surface area contributed by atoms with Crippen molar-refractivity contribution in [1.82, 2.24) is 20.9 Å². The van der Waals surface area contributed by atoms with E-state index in [1.54, 1.807) is 12.1 Å². The molecule has 1 saturated heterocycles. The molecule has 3 rings (SSSR count). The van der Waals surface area contributed by atoms with Gasteiger partial charge in [-0.2, -0.15) is 0 Å². The van der Waals surface area contributed by atoms with Gasteiger partial charge in [0, 0.05) is 6.54 Å². The molecule has 30 heavy (non-hydrogen) atoms. The van der Waals surface area contributed by atoms with E-state index in [-0.39, 0.29) is 12.5 Å². The summed E-state index contributed by atoms with van der Waals surface area (Å²) in [7, 11) is 0. The average Bonchev–Trinajstić information content (AvgIpc) is 3.28. The Kier molecular flexibility index (Phi) is 7.14. The number of aromatic nitrogens is 1. The van der Waals surface area contributed by atoms with Crippen molar-refractivity contribution in [2.75, 3.05) is 6.54 Å². The molecule has 1 aromatic carbocycles. The van der Waals surface area contributed by atoms with E-state index in [1.165, 1.54) is 12.5 Å². The van der Waals surface area contributed by atoms with Gasteiger partial charge in [-0.25, -0.2) is 9.78 Å².